The Morgan fingerprint density at radius 1 is 1.14 bits per heavy atom. The molecule has 1 aromatic carbocycles. The van der Waals surface area contributed by atoms with E-state index in [0.29, 0.717) is 11.1 Å². The summed E-state index contributed by atoms with van der Waals surface area (Å²) in [5.41, 5.74) is 12.2. The number of aromatic nitrogens is 2. The van der Waals surface area contributed by atoms with Gasteiger partial charge >= 0.3 is 0 Å². The van der Waals surface area contributed by atoms with Gasteiger partial charge < -0.3 is 21.7 Å². The first kappa shape index (κ1) is 25.2. The first-order valence-corrected chi connectivity index (χ1v) is 12.4. The molecule has 4 rings (SSSR count). The van der Waals surface area contributed by atoms with Crippen molar-refractivity contribution in [2.24, 2.45) is 5.73 Å². The average molecular weight is 511 g/mol. The Labute approximate surface area is 211 Å². The van der Waals surface area contributed by atoms with Gasteiger partial charge in [0.2, 0.25) is 5.91 Å². The van der Waals surface area contributed by atoms with Gasteiger partial charge in [0.15, 0.2) is 5.69 Å². The minimum atomic E-state index is -1.10. The Kier molecular flexibility index (Phi) is 7.89. The molecule has 11 heteroatoms. The van der Waals surface area contributed by atoms with Gasteiger partial charge in [-0.05, 0) is 53.7 Å². The number of nitrogens with two attached hydrogens (primary N) is 2. The van der Waals surface area contributed by atoms with Crippen LogP contribution in [-0.2, 0) is 11.3 Å². The Morgan fingerprint density at radius 3 is 2.47 bits per heavy atom. The van der Waals surface area contributed by atoms with Crippen molar-refractivity contribution in [2.45, 2.75) is 50.7 Å². The zero-order valence-corrected chi connectivity index (χ0v) is 20.3. The van der Waals surface area contributed by atoms with Crippen LogP contribution in [0.3, 0.4) is 0 Å². The molecule has 0 aliphatic heterocycles. The van der Waals surface area contributed by atoms with Crippen molar-refractivity contribution in [1.29, 1.82) is 0 Å². The molecule has 9 nitrogen and oxygen atoms in total. The summed E-state index contributed by atoms with van der Waals surface area (Å²) < 4.78 is 17.7. The summed E-state index contributed by atoms with van der Waals surface area (Å²) in [6.07, 6.45) is 8.03. The molecule has 36 heavy (non-hydrogen) atoms. The average Bonchev–Trinajstić information content (AvgIpc) is 3.27. The van der Waals surface area contributed by atoms with E-state index >= 15 is 0 Å². The van der Waals surface area contributed by atoms with Crippen LogP contribution in [0.2, 0.25) is 0 Å². The number of halogens is 1. The number of rotatable bonds is 8. The SMILES string of the molecule is NC(=O)c1nsc(C(=O)N(Cc2cccnc2)[C@@H](C(=O)NC2CCCCC2)c2ccc(F)cc2)c1N. The van der Waals surface area contributed by atoms with Gasteiger partial charge in [0.1, 0.15) is 16.7 Å². The lowest BCUT2D eigenvalue weighted by atomic mass is 9.94. The molecule has 188 valence electrons. The van der Waals surface area contributed by atoms with E-state index in [1.807, 2.05) is 0 Å². The van der Waals surface area contributed by atoms with Crippen molar-refractivity contribution in [3.8, 4) is 0 Å². The highest BCUT2D eigenvalue weighted by atomic mass is 32.1. The van der Waals surface area contributed by atoms with E-state index in [1.54, 1.807) is 24.5 Å². The topological polar surface area (TPSA) is 144 Å². The number of hydrogen-bond donors (Lipinski definition) is 3. The number of hydrogen-bond acceptors (Lipinski definition) is 7. The van der Waals surface area contributed by atoms with Gasteiger partial charge in [-0.25, -0.2) is 4.39 Å². The Balaban J connectivity index is 1.77. The van der Waals surface area contributed by atoms with Crippen LogP contribution in [0.25, 0.3) is 0 Å². The van der Waals surface area contributed by atoms with Crippen molar-refractivity contribution < 1.29 is 18.8 Å². The van der Waals surface area contributed by atoms with Crippen LogP contribution in [0.1, 0.15) is 69.4 Å². The molecule has 0 saturated heterocycles. The van der Waals surface area contributed by atoms with E-state index in [2.05, 4.69) is 14.7 Å². The molecule has 2 aromatic heterocycles. The number of primary amides is 1. The number of nitrogen functional groups attached to an aromatic ring is 1. The van der Waals surface area contributed by atoms with Gasteiger partial charge in [-0.3, -0.25) is 19.4 Å². The predicted molar refractivity (Wildman–Crippen MR) is 133 cm³/mol. The maximum absolute atomic E-state index is 13.9. The van der Waals surface area contributed by atoms with Crippen LogP contribution in [0.5, 0.6) is 0 Å². The van der Waals surface area contributed by atoms with E-state index in [0.717, 1.165) is 43.6 Å². The minimum Gasteiger partial charge on any atom is -0.395 e. The highest BCUT2D eigenvalue weighted by molar-refractivity contribution is 7.09. The molecule has 0 spiro atoms. The van der Waals surface area contributed by atoms with Gasteiger partial charge in [0, 0.05) is 25.0 Å². The Morgan fingerprint density at radius 2 is 1.86 bits per heavy atom. The zero-order chi connectivity index (χ0) is 25.7. The Bertz CT molecular complexity index is 1230. The molecular weight excluding hydrogens is 483 g/mol. The predicted octanol–water partition coefficient (Wildman–Crippen LogP) is 3.19. The lowest BCUT2D eigenvalue weighted by Gasteiger charge is -2.33. The summed E-state index contributed by atoms with van der Waals surface area (Å²) in [7, 11) is 0. The zero-order valence-electron chi connectivity index (χ0n) is 19.5. The molecular formula is C25H27FN6O3S. The molecule has 0 unspecified atom stereocenters. The number of carbonyl (C=O) groups is 3. The van der Waals surface area contributed by atoms with Crippen LogP contribution in [0.15, 0.2) is 48.8 Å². The quantitative estimate of drug-likeness (QED) is 0.424. The van der Waals surface area contributed by atoms with E-state index in [9.17, 15) is 18.8 Å². The minimum absolute atomic E-state index is 0.00901. The summed E-state index contributed by atoms with van der Waals surface area (Å²) in [4.78, 5) is 44.7. The molecule has 3 aromatic rings. The van der Waals surface area contributed by atoms with Crippen molar-refractivity contribution in [1.82, 2.24) is 19.6 Å². The summed E-state index contributed by atoms with van der Waals surface area (Å²) in [5, 5.41) is 3.08. The van der Waals surface area contributed by atoms with Crippen LogP contribution in [0, 0.1) is 5.82 Å². The lowest BCUT2D eigenvalue weighted by Crippen LogP contribution is -2.46. The summed E-state index contributed by atoms with van der Waals surface area (Å²) in [6.45, 7) is 0.00997. The number of benzene rings is 1. The van der Waals surface area contributed by atoms with E-state index in [1.165, 1.54) is 29.2 Å². The number of carbonyl (C=O) groups excluding carboxylic acids is 3. The molecule has 3 amide bonds. The van der Waals surface area contributed by atoms with E-state index < -0.39 is 23.7 Å². The second-order valence-corrected chi connectivity index (χ2v) is 9.50. The van der Waals surface area contributed by atoms with Crippen molar-refractivity contribution in [3.63, 3.8) is 0 Å². The molecule has 5 N–H and O–H groups in total. The fourth-order valence-corrected chi connectivity index (χ4v) is 5.13. The third-order valence-electron chi connectivity index (χ3n) is 6.19. The molecule has 1 fully saturated rings. The maximum atomic E-state index is 13.9. The lowest BCUT2D eigenvalue weighted by molar-refractivity contribution is -0.127. The molecule has 1 aliphatic carbocycles. The molecule has 1 atom stereocenters. The normalized spacial score (nSPS) is 14.7. The molecule has 2 heterocycles. The molecule has 0 radical (unpaired) electrons. The smallest absolute Gasteiger partial charge is 0.270 e. The second-order valence-electron chi connectivity index (χ2n) is 8.73. The van der Waals surface area contributed by atoms with Gasteiger partial charge in [-0.2, -0.15) is 4.37 Å². The Hall–Kier alpha value is -3.86. The number of nitrogens with zero attached hydrogens (tertiary/aromatic N) is 3. The molecule has 1 aliphatic rings. The first-order chi connectivity index (χ1) is 17.3. The third kappa shape index (κ3) is 5.68. The highest BCUT2D eigenvalue weighted by Crippen LogP contribution is 2.31. The number of nitrogens with one attached hydrogen (secondary N) is 1. The summed E-state index contributed by atoms with van der Waals surface area (Å²) >= 11 is 0.740. The van der Waals surface area contributed by atoms with Crippen molar-refractivity contribution in [3.05, 3.63) is 76.3 Å². The van der Waals surface area contributed by atoms with Gasteiger partial charge in [-0.1, -0.05) is 37.5 Å². The fourth-order valence-electron chi connectivity index (χ4n) is 4.37. The standard InChI is InChI=1S/C25H27FN6O3S/c26-17-10-8-16(9-11-17)21(24(34)30-18-6-2-1-3-7-18)32(14-15-5-4-12-29-13-15)25(35)22-19(27)20(23(28)33)31-36-22/h4-5,8-13,18,21H,1-3,6-7,14,27H2,(H2,28,33)(H,30,34)/t21-/m1/s1. The maximum Gasteiger partial charge on any atom is 0.270 e. The fraction of sp³-hybridized carbons (Fsp3) is 0.320. The third-order valence-corrected chi connectivity index (χ3v) is 7.04. The monoisotopic (exact) mass is 510 g/mol. The van der Waals surface area contributed by atoms with E-state index in [4.69, 9.17) is 11.5 Å². The van der Waals surface area contributed by atoms with Crippen LogP contribution < -0.4 is 16.8 Å². The number of anilines is 1. The molecule has 1 saturated carbocycles. The van der Waals surface area contributed by atoms with Crippen LogP contribution in [0.4, 0.5) is 10.1 Å². The number of pyridine rings is 1. The summed E-state index contributed by atoms with van der Waals surface area (Å²) in [5.74, 6) is -2.31. The van der Waals surface area contributed by atoms with Crippen molar-refractivity contribution >= 4 is 34.9 Å². The van der Waals surface area contributed by atoms with Gasteiger partial charge in [0.05, 0.1) is 5.69 Å². The van der Waals surface area contributed by atoms with Crippen LogP contribution in [-0.4, -0.2) is 38.0 Å². The largest absolute Gasteiger partial charge is 0.395 e. The number of amides is 3. The second kappa shape index (κ2) is 11.3. The first-order valence-electron chi connectivity index (χ1n) is 11.7. The highest BCUT2D eigenvalue weighted by Gasteiger charge is 2.36. The summed E-state index contributed by atoms with van der Waals surface area (Å²) in [6, 6.07) is 7.84. The van der Waals surface area contributed by atoms with E-state index in [-0.39, 0.29) is 34.8 Å². The van der Waals surface area contributed by atoms with Crippen molar-refractivity contribution in [2.75, 3.05) is 5.73 Å². The van der Waals surface area contributed by atoms with Gasteiger partial charge in [0.25, 0.3) is 11.8 Å². The molecule has 0 bridgehead atoms. The van der Waals surface area contributed by atoms with Crippen LogP contribution >= 0.6 is 11.5 Å². The van der Waals surface area contributed by atoms with Gasteiger partial charge in [-0.15, -0.1) is 0 Å².